The quantitative estimate of drug-likeness (QED) is 0.833. The van der Waals surface area contributed by atoms with Crippen molar-refractivity contribution in [3.8, 4) is 0 Å². The van der Waals surface area contributed by atoms with Gasteiger partial charge in [-0.1, -0.05) is 19.0 Å². The molecule has 1 aliphatic rings. The minimum absolute atomic E-state index is 0.0554. The average molecular weight is 344 g/mol. The molecule has 6 nitrogen and oxygen atoms in total. The number of amides is 1. The van der Waals surface area contributed by atoms with Crippen molar-refractivity contribution >= 4 is 5.91 Å². The summed E-state index contributed by atoms with van der Waals surface area (Å²) in [7, 11) is 1.95. The molecule has 3 heterocycles. The Balaban J connectivity index is 1.68. The van der Waals surface area contributed by atoms with E-state index in [0.29, 0.717) is 12.3 Å². The Labute approximate surface area is 149 Å². The van der Waals surface area contributed by atoms with Crippen LogP contribution in [0.25, 0.3) is 0 Å². The predicted octanol–water partition coefficient (Wildman–Crippen LogP) is 3.44. The SMILES string of the molecule is Cc1nn(C)c(C)c1CCC(=O)N1CCCC1c1cc(C(C)C)on1. The molecule has 1 saturated heterocycles. The van der Waals surface area contributed by atoms with Crippen molar-refractivity contribution in [1.29, 1.82) is 0 Å². The van der Waals surface area contributed by atoms with Crippen molar-refractivity contribution in [3.05, 3.63) is 34.5 Å². The van der Waals surface area contributed by atoms with Crippen LogP contribution in [0.4, 0.5) is 0 Å². The van der Waals surface area contributed by atoms with Gasteiger partial charge in [0.25, 0.3) is 0 Å². The molecule has 2 aromatic rings. The third kappa shape index (κ3) is 3.48. The Morgan fingerprint density at radius 2 is 2.16 bits per heavy atom. The second-order valence-corrected chi connectivity index (χ2v) is 7.33. The van der Waals surface area contributed by atoms with Gasteiger partial charge < -0.3 is 9.42 Å². The molecule has 0 N–H and O–H groups in total. The van der Waals surface area contributed by atoms with E-state index in [1.54, 1.807) is 0 Å². The minimum Gasteiger partial charge on any atom is -0.361 e. The summed E-state index contributed by atoms with van der Waals surface area (Å²) in [6.07, 6.45) is 3.23. The smallest absolute Gasteiger partial charge is 0.223 e. The van der Waals surface area contributed by atoms with Crippen molar-refractivity contribution in [3.63, 3.8) is 0 Å². The van der Waals surface area contributed by atoms with E-state index in [9.17, 15) is 4.79 Å². The standard InChI is InChI=1S/C19H28N4O2/c1-12(2)18-11-16(21-25-18)17-7-6-10-23(17)19(24)9-8-15-13(3)20-22(5)14(15)4/h11-12,17H,6-10H2,1-5H3. The molecule has 1 atom stereocenters. The highest BCUT2D eigenvalue weighted by atomic mass is 16.5. The molecule has 1 unspecified atom stereocenters. The van der Waals surface area contributed by atoms with Crippen LogP contribution in [0.15, 0.2) is 10.6 Å². The monoisotopic (exact) mass is 344 g/mol. The van der Waals surface area contributed by atoms with Crippen LogP contribution in [0.5, 0.6) is 0 Å². The third-order valence-corrected chi connectivity index (χ3v) is 5.28. The molecule has 1 aliphatic heterocycles. The summed E-state index contributed by atoms with van der Waals surface area (Å²) in [5.41, 5.74) is 4.24. The fourth-order valence-electron chi connectivity index (χ4n) is 3.66. The Hall–Kier alpha value is -2.11. The van der Waals surface area contributed by atoms with E-state index in [1.807, 2.05) is 29.6 Å². The average Bonchev–Trinajstić information content (AvgIpc) is 3.26. The number of carbonyl (C=O) groups is 1. The second-order valence-electron chi connectivity index (χ2n) is 7.33. The zero-order chi connectivity index (χ0) is 18.1. The summed E-state index contributed by atoms with van der Waals surface area (Å²) in [6.45, 7) is 9.04. The molecule has 6 heteroatoms. The van der Waals surface area contributed by atoms with Gasteiger partial charge in [0.15, 0.2) is 0 Å². The Kier molecular flexibility index (Phi) is 4.97. The second kappa shape index (κ2) is 7.02. The molecular formula is C19H28N4O2. The van der Waals surface area contributed by atoms with Gasteiger partial charge in [-0.25, -0.2) is 0 Å². The summed E-state index contributed by atoms with van der Waals surface area (Å²) in [5.74, 6) is 1.39. The van der Waals surface area contributed by atoms with E-state index in [1.165, 1.54) is 5.56 Å². The van der Waals surface area contributed by atoms with Crippen LogP contribution in [0.2, 0.25) is 0 Å². The van der Waals surface area contributed by atoms with E-state index >= 15 is 0 Å². The number of carbonyl (C=O) groups excluding carboxylic acids is 1. The molecule has 1 fully saturated rings. The summed E-state index contributed by atoms with van der Waals surface area (Å²) in [4.78, 5) is 14.8. The van der Waals surface area contributed by atoms with Gasteiger partial charge in [-0.3, -0.25) is 9.48 Å². The Bertz CT molecular complexity index is 760. The number of hydrogen-bond acceptors (Lipinski definition) is 4. The lowest BCUT2D eigenvalue weighted by molar-refractivity contribution is -0.132. The lowest BCUT2D eigenvalue weighted by atomic mass is 10.1. The van der Waals surface area contributed by atoms with Crippen LogP contribution in [0.3, 0.4) is 0 Å². The highest BCUT2D eigenvalue weighted by Crippen LogP contribution is 2.33. The fraction of sp³-hybridized carbons (Fsp3) is 0.632. The largest absolute Gasteiger partial charge is 0.361 e. The molecule has 0 saturated carbocycles. The normalized spacial score (nSPS) is 17.7. The summed E-state index contributed by atoms with van der Waals surface area (Å²) in [6, 6.07) is 2.07. The zero-order valence-corrected chi connectivity index (χ0v) is 15.9. The van der Waals surface area contributed by atoms with Crippen LogP contribution in [-0.4, -0.2) is 32.3 Å². The zero-order valence-electron chi connectivity index (χ0n) is 15.9. The predicted molar refractivity (Wildman–Crippen MR) is 95.3 cm³/mol. The van der Waals surface area contributed by atoms with Gasteiger partial charge in [0, 0.05) is 37.7 Å². The van der Waals surface area contributed by atoms with Crippen molar-refractivity contribution in [2.45, 2.75) is 65.3 Å². The van der Waals surface area contributed by atoms with Crippen molar-refractivity contribution < 1.29 is 9.32 Å². The highest BCUT2D eigenvalue weighted by molar-refractivity contribution is 5.77. The maximum absolute atomic E-state index is 12.8. The first-order chi connectivity index (χ1) is 11.9. The molecule has 1 amide bonds. The summed E-state index contributed by atoms with van der Waals surface area (Å²) >= 11 is 0. The first-order valence-electron chi connectivity index (χ1n) is 9.13. The van der Waals surface area contributed by atoms with Gasteiger partial charge in [-0.15, -0.1) is 0 Å². The lowest BCUT2D eigenvalue weighted by Crippen LogP contribution is -2.31. The molecular weight excluding hydrogens is 316 g/mol. The van der Waals surface area contributed by atoms with E-state index in [2.05, 4.69) is 31.0 Å². The molecule has 0 aromatic carbocycles. The topological polar surface area (TPSA) is 64.2 Å². The first-order valence-corrected chi connectivity index (χ1v) is 9.13. The number of nitrogens with zero attached hydrogens (tertiary/aromatic N) is 4. The summed E-state index contributed by atoms with van der Waals surface area (Å²) < 4.78 is 7.32. The van der Waals surface area contributed by atoms with Crippen molar-refractivity contribution in [2.24, 2.45) is 7.05 Å². The summed E-state index contributed by atoms with van der Waals surface area (Å²) in [5, 5.41) is 8.66. The van der Waals surface area contributed by atoms with Crippen molar-refractivity contribution in [2.75, 3.05) is 6.54 Å². The van der Waals surface area contributed by atoms with Crippen LogP contribution in [0, 0.1) is 13.8 Å². The van der Waals surface area contributed by atoms with Gasteiger partial charge in [-0.2, -0.15) is 5.10 Å². The number of aromatic nitrogens is 3. The van der Waals surface area contributed by atoms with Gasteiger partial charge >= 0.3 is 0 Å². The highest BCUT2D eigenvalue weighted by Gasteiger charge is 2.32. The van der Waals surface area contributed by atoms with Crippen LogP contribution < -0.4 is 0 Å². The van der Waals surface area contributed by atoms with Gasteiger partial charge in [-0.05, 0) is 38.7 Å². The van der Waals surface area contributed by atoms with Crippen LogP contribution in [-0.2, 0) is 18.3 Å². The van der Waals surface area contributed by atoms with Crippen molar-refractivity contribution in [1.82, 2.24) is 19.8 Å². The molecule has 136 valence electrons. The molecule has 25 heavy (non-hydrogen) atoms. The number of aryl methyl sites for hydroxylation is 2. The molecule has 0 aliphatic carbocycles. The molecule has 3 rings (SSSR count). The van der Waals surface area contributed by atoms with Crippen LogP contribution >= 0.6 is 0 Å². The maximum Gasteiger partial charge on any atom is 0.223 e. The Morgan fingerprint density at radius 3 is 2.76 bits per heavy atom. The van der Waals surface area contributed by atoms with Gasteiger partial charge in [0.1, 0.15) is 11.5 Å². The third-order valence-electron chi connectivity index (χ3n) is 5.28. The molecule has 0 spiro atoms. The van der Waals surface area contributed by atoms with E-state index in [0.717, 1.165) is 48.6 Å². The number of likely N-dealkylation sites (tertiary alicyclic amines) is 1. The molecule has 0 bridgehead atoms. The van der Waals surface area contributed by atoms with Crippen LogP contribution in [0.1, 0.15) is 73.5 Å². The molecule has 0 radical (unpaired) electrons. The van der Waals surface area contributed by atoms with E-state index in [-0.39, 0.29) is 11.9 Å². The molecule has 2 aromatic heterocycles. The number of rotatable bonds is 5. The first kappa shape index (κ1) is 17.7. The maximum atomic E-state index is 12.8. The lowest BCUT2D eigenvalue weighted by Gasteiger charge is -2.23. The number of hydrogen-bond donors (Lipinski definition) is 0. The van der Waals surface area contributed by atoms with E-state index < -0.39 is 0 Å². The fourth-order valence-corrected chi connectivity index (χ4v) is 3.66. The minimum atomic E-state index is 0.0554. The Morgan fingerprint density at radius 1 is 1.40 bits per heavy atom. The van der Waals surface area contributed by atoms with Gasteiger partial charge in [0.2, 0.25) is 5.91 Å². The van der Waals surface area contributed by atoms with Gasteiger partial charge in [0.05, 0.1) is 11.7 Å². The van der Waals surface area contributed by atoms with E-state index in [4.69, 9.17) is 4.52 Å².